The molecule has 160 valence electrons. The number of piperidine rings is 1. The Hall–Kier alpha value is -1.40. The van der Waals surface area contributed by atoms with Crippen LogP contribution >= 0.6 is 15.9 Å². The zero-order valence-electron chi connectivity index (χ0n) is 17.6. The Balaban J connectivity index is 1.48. The van der Waals surface area contributed by atoms with E-state index in [9.17, 15) is 9.59 Å². The fourth-order valence-electron chi connectivity index (χ4n) is 4.32. The van der Waals surface area contributed by atoms with Crippen molar-refractivity contribution in [3.63, 3.8) is 0 Å². The second-order valence-electron chi connectivity index (χ2n) is 8.57. The monoisotopic (exact) mass is 464 g/mol. The number of carbonyl (C=O) groups excluding carboxylic acids is 2. The van der Waals surface area contributed by atoms with Gasteiger partial charge in [0.2, 0.25) is 11.8 Å². The van der Waals surface area contributed by atoms with E-state index in [-0.39, 0.29) is 29.3 Å². The van der Waals surface area contributed by atoms with E-state index < -0.39 is 0 Å². The first-order valence-corrected chi connectivity index (χ1v) is 11.7. The summed E-state index contributed by atoms with van der Waals surface area (Å²) in [5, 5.41) is 3.03. The number of ether oxygens (including phenoxy) is 1. The molecule has 2 aliphatic rings. The van der Waals surface area contributed by atoms with Crippen LogP contribution in [-0.4, -0.2) is 49.1 Å². The molecule has 1 aliphatic heterocycles. The lowest BCUT2D eigenvalue weighted by molar-refractivity contribution is -0.144. The van der Waals surface area contributed by atoms with Crippen molar-refractivity contribution in [3.8, 4) is 0 Å². The second kappa shape index (κ2) is 10.1. The SMILES string of the molecule is CC(C)OCCCNC(=O)C1CCN(C(=O)C2(c3ccc(Br)cc3)CCC2)CC1. The molecule has 0 aromatic heterocycles. The van der Waals surface area contributed by atoms with Crippen LogP contribution in [0.3, 0.4) is 0 Å². The molecule has 1 aliphatic carbocycles. The van der Waals surface area contributed by atoms with Crippen molar-refractivity contribution in [1.82, 2.24) is 10.2 Å². The molecule has 1 aromatic rings. The number of amides is 2. The van der Waals surface area contributed by atoms with Gasteiger partial charge in [0, 0.05) is 36.6 Å². The lowest BCUT2D eigenvalue weighted by Gasteiger charge is -2.45. The average Bonchev–Trinajstić information content (AvgIpc) is 2.68. The lowest BCUT2D eigenvalue weighted by Crippen LogP contribution is -2.53. The molecule has 1 N–H and O–H groups in total. The third kappa shape index (κ3) is 5.40. The molecular weight excluding hydrogens is 432 g/mol. The van der Waals surface area contributed by atoms with Crippen LogP contribution in [-0.2, 0) is 19.7 Å². The fourth-order valence-corrected chi connectivity index (χ4v) is 4.58. The molecule has 1 heterocycles. The number of benzene rings is 1. The summed E-state index contributed by atoms with van der Waals surface area (Å²) in [6.45, 7) is 6.69. The Morgan fingerprint density at radius 3 is 2.41 bits per heavy atom. The van der Waals surface area contributed by atoms with E-state index in [2.05, 4.69) is 33.4 Å². The number of halogens is 1. The molecule has 2 amide bonds. The minimum atomic E-state index is -0.355. The van der Waals surface area contributed by atoms with Gasteiger partial charge in [0.05, 0.1) is 11.5 Å². The molecule has 6 heteroatoms. The van der Waals surface area contributed by atoms with E-state index in [1.807, 2.05) is 30.9 Å². The van der Waals surface area contributed by atoms with E-state index >= 15 is 0 Å². The normalized spacial score (nSPS) is 19.1. The second-order valence-corrected chi connectivity index (χ2v) is 9.49. The van der Waals surface area contributed by atoms with Crippen LogP contribution in [0, 0.1) is 5.92 Å². The summed E-state index contributed by atoms with van der Waals surface area (Å²) in [5.41, 5.74) is 0.770. The Bertz CT molecular complexity index is 693. The predicted molar refractivity (Wildman–Crippen MR) is 118 cm³/mol. The molecule has 2 fully saturated rings. The van der Waals surface area contributed by atoms with Gasteiger partial charge in [0.15, 0.2) is 0 Å². The van der Waals surface area contributed by atoms with Gasteiger partial charge >= 0.3 is 0 Å². The van der Waals surface area contributed by atoms with Crippen molar-refractivity contribution >= 4 is 27.7 Å². The van der Waals surface area contributed by atoms with Gasteiger partial charge in [-0.3, -0.25) is 9.59 Å². The van der Waals surface area contributed by atoms with Crippen LogP contribution in [0.2, 0.25) is 0 Å². The average molecular weight is 465 g/mol. The van der Waals surface area contributed by atoms with E-state index in [0.717, 1.165) is 48.6 Å². The van der Waals surface area contributed by atoms with Crippen LogP contribution in [0.1, 0.15) is 57.9 Å². The highest BCUT2D eigenvalue weighted by Crippen LogP contribution is 2.46. The summed E-state index contributed by atoms with van der Waals surface area (Å²) in [7, 11) is 0. The molecule has 0 unspecified atom stereocenters. The van der Waals surface area contributed by atoms with E-state index in [1.165, 1.54) is 0 Å². The lowest BCUT2D eigenvalue weighted by atomic mass is 9.63. The largest absolute Gasteiger partial charge is 0.379 e. The van der Waals surface area contributed by atoms with Gasteiger partial charge in [-0.2, -0.15) is 0 Å². The van der Waals surface area contributed by atoms with Crippen LogP contribution in [0.25, 0.3) is 0 Å². The van der Waals surface area contributed by atoms with Gasteiger partial charge in [0.1, 0.15) is 0 Å². The van der Waals surface area contributed by atoms with Gasteiger partial charge in [-0.25, -0.2) is 0 Å². The summed E-state index contributed by atoms with van der Waals surface area (Å²) in [5.74, 6) is 0.374. The first kappa shape index (κ1) is 22.3. The molecule has 0 atom stereocenters. The summed E-state index contributed by atoms with van der Waals surface area (Å²) in [6.07, 6.45) is 5.49. The number of carbonyl (C=O) groups is 2. The molecule has 0 bridgehead atoms. The van der Waals surface area contributed by atoms with Gasteiger partial charge in [0.25, 0.3) is 0 Å². The molecule has 0 radical (unpaired) electrons. The van der Waals surface area contributed by atoms with Crippen molar-refractivity contribution in [2.75, 3.05) is 26.2 Å². The minimum absolute atomic E-state index is 0.00934. The smallest absolute Gasteiger partial charge is 0.233 e. The quantitative estimate of drug-likeness (QED) is 0.590. The summed E-state index contributed by atoms with van der Waals surface area (Å²) in [4.78, 5) is 27.8. The van der Waals surface area contributed by atoms with Gasteiger partial charge in [-0.05, 0) is 63.6 Å². The predicted octanol–water partition coefficient (Wildman–Crippen LogP) is 4.04. The Morgan fingerprint density at radius 2 is 1.86 bits per heavy atom. The highest BCUT2D eigenvalue weighted by molar-refractivity contribution is 9.10. The summed E-state index contributed by atoms with van der Waals surface area (Å²) < 4.78 is 6.54. The van der Waals surface area contributed by atoms with Gasteiger partial charge in [-0.1, -0.05) is 34.5 Å². The zero-order valence-corrected chi connectivity index (χ0v) is 19.2. The highest BCUT2D eigenvalue weighted by atomic mass is 79.9. The van der Waals surface area contributed by atoms with Gasteiger partial charge in [-0.15, -0.1) is 0 Å². The number of nitrogens with one attached hydrogen (secondary N) is 1. The maximum absolute atomic E-state index is 13.4. The Kier molecular flexibility index (Phi) is 7.74. The Labute approximate surface area is 182 Å². The van der Waals surface area contributed by atoms with Crippen LogP contribution in [0.5, 0.6) is 0 Å². The zero-order chi connectivity index (χ0) is 20.9. The number of rotatable bonds is 8. The third-order valence-corrected chi connectivity index (χ3v) is 6.77. The maximum atomic E-state index is 13.4. The fraction of sp³-hybridized carbons (Fsp3) is 0.652. The number of hydrogen-bond acceptors (Lipinski definition) is 3. The van der Waals surface area contributed by atoms with Crippen molar-refractivity contribution in [3.05, 3.63) is 34.3 Å². The van der Waals surface area contributed by atoms with E-state index in [4.69, 9.17) is 4.74 Å². The number of likely N-dealkylation sites (tertiary alicyclic amines) is 1. The number of nitrogens with zero attached hydrogens (tertiary/aromatic N) is 1. The van der Waals surface area contributed by atoms with Crippen molar-refractivity contribution < 1.29 is 14.3 Å². The van der Waals surface area contributed by atoms with Crippen LogP contribution < -0.4 is 5.32 Å². The molecule has 5 nitrogen and oxygen atoms in total. The van der Waals surface area contributed by atoms with Crippen molar-refractivity contribution in [2.45, 2.75) is 63.9 Å². The third-order valence-electron chi connectivity index (χ3n) is 6.24. The standard InChI is InChI=1S/C23H33BrN2O3/c1-17(2)29-16-4-13-25-21(27)18-9-14-26(15-10-18)22(28)23(11-3-12-23)19-5-7-20(24)8-6-19/h5-8,17-18H,3-4,9-16H2,1-2H3,(H,25,27). The summed E-state index contributed by atoms with van der Waals surface area (Å²) in [6, 6.07) is 8.19. The molecule has 0 spiro atoms. The molecule has 29 heavy (non-hydrogen) atoms. The summed E-state index contributed by atoms with van der Waals surface area (Å²) >= 11 is 3.48. The molecular formula is C23H33BrN2O3. The molecule has 3 rings (SSSR count). The van der Waals surface area contributed by atoms with Gasteiger partial charge < -0.3 is 15.0 Å². The Morgan fingerprint density at radius 1 is 1.21 bits per heavy atom. The van der Waals surface area contributed by atoms with Crippen LogP contribution in [0.15, 0.2) is 28.7 Å². The molecule has 1 saturated carbocycles. The topological polar surface area (TPSA) is 58.6 Å². The molecule has 1 saturated heterocycles. The van der Waals surface area contributed by atoms with E-state index in [0.29, 0.717) is 26.2 Å². The van der Waals surface area contributed by atoms with Crippen molar-refractivity contribution in [1.29, 1.82) is 0 Å². The molecule has 1 aromatic carbocycles. The van der Waals surface area contributed by atoms with Crippen molar-refractivity contribution in [2.24, 2.45) is 5.92 Å². The first-order valence-electron chi connectivity index (χ1n) is 10.9. The van der Waals surface area contributed by atoms with E-state index in [1.54, 1.807) is 0 Å². The number of hydrogen-bond donors (Lipinski definition) is 1. The maximum Gasteiger partial charge on any atom is 0.233 e. The minimum Gasteiger partial charge on any atom is -0.379 e. The highest BCUT2D eigenvalue weighted by Gasteiger charge is 2.48. The first-order chi connectivity index (χ1) is 13.9. The van der Waals surface area contributed by atoms with Crippen LogP contribution in [0.4, 0.5) is 0 Å².